The van der Waals surface area contributed by atoms with Gasteiger partial charge in [0.1, 0.15) is 10.8 Å². The maximum Gasteiger partial charge on any atom is 0.226 e. The molecule has 1 N–H and O–H groups in total. The Morgan fingerprint density at radius 3 is 2.91 bits per heavy atom. The van der Waals surface area contributed by atoms with Crippen LogP contribution in [-0.2, 0) is 4.79 Å². The Labute approximate surface area is 140 Å². The van der Waals surface area contributed by atoms with Crippen molar-refractivity contribution < 1.29 is 9.53 Å². The van der Waals surface area contributed by atoms with Gasteiger partial charge in [0, 0.05) is 12.3 Å². The van der Waals surface area contributed by atoms with Crippen LogP contribution in [-0.4, -0.2) is 22.7 Å². The molecule has 0 bridgehead atoms. The molecule has 0 radical (unpaired) electrons. The normalized spacial score (nSPS) is 13.8. The number of carbonyl (C=O) groups is 1. The Bertz CT molecular complexity index is 695. The molecular formula is C17H21N3O2S. The van der Waals surface area contributed by atoms with Gasteiger partial charge in [0.15, 0.2) is 0 Å². The van der Waals surface area contributed by atoms with E-state index in [0.717, 1.165) is 16.3 Å². The third-order valence-corrected chi connectivity index (χ3v) is 4.75. The van der Waals surface area contributed by atoms with E-state index in [4.69, 9.17) is 4.74 Å². The smallest absolute Gasteiger partial charge is 0.226 e. The number of hydrogen-bond donors (Lipinski definition) is 1. The van der Waals surface area contributed by atoms with Crippen molar-refractivity contribution in [1.82, 2.24) is 10.2 Å². The van der Waals surface area contributed by atoms with Gasteiger partial charge in [-0.3, -0.25) is 4.79 Å². The summed E-state index contributed by atoms with van der Waals surface area (Å²) in [4.78, 5) is 11.9. The van der Waals surface area contributed by atoms with Gasteiger partial charge in [-0.05, 0) is 44.7 Å². The van der Waals surface area contributed by atoms with Gasteiger partial charge in [0.25, 0.3) is 0 Å². The summed E-state index contributed by atoms with van der Waals surface area (Å²) in [5, 5.41) is 12.6. The van der Waals surface area contributed by atoms with E-state index < -0.39 is 0 Å². The van der Waals surface area contributed by atoms with Crippen molar-refractivity contribution in [1.29, 1.82) is 0 Å². The lowest BCUT2D eigenvalue weighted by atomic mass is 10.1. The van der Waals surface area contributed by atoms with Gasteiger partial charge in [0.2, 0.25) is 11.0 Å². The molecule has 3 rings (SSSR count). The number of ether oxygens (including phenoxy) is 1. The summed E-state index contributed by atoms with van der Waals surface area (Å²) in [7, 11) is 0. The zero-order chi connectivity index (χ0) is 16.2. The van der Waals surface area contributed by atoms with Gasteiger partial charge in [0.05, 0.1) is 6.61 Å². The van der Waals surface area contributed by atoms with Crippen molar-refractivity contribution in [3.05, 3.63) is 34.3 Å². The van der Waals surface area contributed by atoms with Crippen LogP contribution < -0.4 is 10.1 Å². The van der Waals surface area contributed by atoms with Crippen molar-refractivity contribution in [2.75, 3.05) is 11.9 Å². The molecule has 0 saturated heterocycles. The molecule has 1 saturated carbocycles. The highest BCUT2D eigenvalue weighted by atomic mass is 32.1. The number of nitrogens with zero attached hydrogens (tertiary/aromatic N) is 2. The molecule has 1 aliphatic carbocycles. The Kier molecular flexibility index (Phi) is 4.91. The monoisotopic (exact) mass is 331 g/mol. The molecule has 1 aromatic heterocycles. The zero-order valence-corrected chi connectivity index (χ0v) is 14.3. The van der Waals surface area contributed by atoms with Gasteiger partial charge in [-0.15, -0.1) is 10.2 Å². The highest BCUT2D eigenvalue weighted by molar-refractivity contribution is 7.15. The third kappa shape index (κ3) is 4.51. The minimum absolute atomic E-state index is 0.0345. The third-order valence-electron chi connectivity index (χ3n) is 3.75. The molecule has 1 fully saturated rings. The van der Waals surface area contributed by atoms with Crippen LogP contribution in [0.2, 0.25) is 0 Å². The fourth-order valence-electron chi connectivity index (χ4n) is 2.34. The van der Waals surface area contributed by atoms with E-state index in [2.05, 4.69) is 28.5 Å². The van der Waals surface area contributed by atoms with Crippen molar-refractivity contribution in [2.24, 2.45) is 0 Å². The number of amides is 1. The fraction of sp³-hybridized carbons (Fsp3) is 0.471. The van der Waals surface area contributed by atoms with Crippen molar-refractivity contribution >= 4 is 22.4 Å². The minimum atomic E-state index is -0.0345. The second kappa shape index (κ2) is 7.08. The topological polar surface area (TPSA) is 64.1 Å². The van der Waals surface area contributed by atoms with E-state index in [-0.39, 0.29) is 5.91 Å². The quantitative estimate of drug-likeness (QED) is 0.783. The van der Waals surface area contributed by atoms with E-state index >= 15 is 0 Å². The molecule has 1 aromatic carbocycles. The van der Waals surface area contributed by atoms with Crippen LogP contribution in [0.5, 0.6) is 5.75 Å². The molecule has 5 nitrogen and oxygen atoms in total. The van der Waals surface area contributed by atoms with E-state index in [1.165, 1.54) is 29.7 Å². The second-order valence-electron chi connectivity index (χ2n) is 5.99. The average Bonchev–Trinajstić information content (AvgIpc) is 3.26. The standard InChI is InChI=1S/C17H21N3O2S/c1-11-5-8-14(12(2)10-11)22-9-3-4-15(21)18-17-20-19-16(23-17)13-6-7-13/h5,8,10,13H,3-4,6-7,9H2,1-2H3,(H,18,20,21). The Morgan fingerprint density at radius 2 is 2.17 bits per heavy atom. The second-order valence-corrected chi connectivity index (χ2v) is 7.00. The summed E-state index contributed by atoms with van der Waals surface area (Å²) in [5.74, 6) is 1.42. The molecule has 1 amide bonds. The molecule has 0 aliphatic heterocycles. The van der Waals surface area contributed by atoms with Crippen LogP contribution >= 0.6 is 11.3 Å². The number of aryl methyl sites for hydroxylation is 2. The molecule has 1 heterocycles. The molecule has 1 aliphatic rings. The summed E-state index contributed by atoms with van der Waals surface area (Å²) < 4.78 is 5.73. The van der Waals surface area contributed by atoms with Gasteiger partial charge in [-0.1, -0.05) is 29.0 Å². The average molecular weight is 331 g/mol. The van der Waals surface area contributed by atoms with Crippen LogP contribution in [0.3, 0.4) is 0 Å². The number of benzene rings is 1. The lowest BCUT2D eigenvalue weighted by Gasteiger charge is -2.09. The van der Waals surface area contributed by atoms with Gasteiger partial charge < -0.3 is 10.1 Å². The van der Waals surface area contributed by atoms with E-state index in [1.54, 1.807) is 0 Å². The van der Waals surface area contributed by atoms with Crippen molar-refractivity contribution in [2.45, 2.75) is 45.4 Å². The van der Waals surface area contributed by atoms with Crippen LogP contribution in [0.25, 0.3) is 0 Å². The summed E-state index contributed by atoms with van der Waals surface area (Å²) in [6.45, 7) is 4.62. The Balaban J connectivity index is 1.38. The predicted octanol–water partition coefficient (Wildman–Crippen LogP) is 3.83. The number of carbonyl (C=O) groups excluding carboxylic acids is 1. The number of hydrogen-bond acceptors (Lipinski definition) is 5. The Hall–Kier alpha value is -1.95. The fourth-order valence-corrected chi connectivity index (χ4v) is 3.27. The zero-order valence-electron chi connectivity index (χ0n) is 13.5. The maximum absolute atomic E-state index is 11.9. The maximum atomic E-state index is 11.9. The number of aromatic nitrogens is 2. The summed E-state index contributed by atoms with van der Waals surface area (Å²) in [6.07, 6.45) is 3.48. The summed E-state index contributed by atoms with van der Waals surface area (Å²) in [5.41, 5.74) is 2.34. The molecule has 2 aromatic rings. The number of nitrogens with one attached hydrogen (secondary N) is 1. The molecule has 0 atom stereocenters. The Morgan fingerprint density at radius 1 is 1.35 bits per heavy atom. The van der Waals surface area contributed by atoms with Crippen LogP contribution in [0.15, 0.2) is 18.2 Å². The van der Waals surface area contributed by atoms with E-state index in [1.807, 2.05) is 19.1 Å². The number of anilines is 1. The van der Waals surface area contributed by atoms with Gasteiger partial charge in [-0.25, -0.2) is 0 Å². The van der Waals surface area contributed by atoms with Gasteiger partial charge in [-0.2, -0.15) is 0 Å². The number of rotatable bonds is 7. The molecule has 23 heavy (non-hydrogen) atoms. The summed E-state index contributed by atoms with van der Waals surface area (Å²) in [6, 6.07) is 6.10. The SMILES string of the molecule is Cc1ccc(OCCCC(=O)Nc2nnc(C3CC3)s2)c(C)c1. The minimum Gasteiger partial charge on any atom is -0.493 e. The molecule has 6 heteroatoms. The molecule has 0 unspecified atom stereocenters. The van der Waals surface area contributed by atoms with Gasteiger partial charge >= 0.3 is 0 Å². The van der Waals surface area contributed by atoms with Crippen LogP contribution in [0.4, 0.5) is 5.13 Å². The molecule has 122 valence electrons. The van der Waals surface area contributed by atoms with Crippen LogP contribution in [0.1, 0.15) is 47.7 Å². The first kappa shape index (κ1) is 15.9. The highest BCUT2D eigenvalue weighted by Crippen LogP contribution is 2.42. The first-order chi connectivity index (χ1) is 11.1. The van der Waals surface area contributed by atoms with Crippen molar-refractivity contribution in [3.63, 3.8) is 0 Å². The predicted molar refractivity (Wildman–Crippen MR) is 91.2 cm³/mol. The van der Waals surface area contributed by atoms with E-state index in [0.29, 0.717) is 30.5 Å². The first-order valence-corrected chi connectivity index (χ1v) is 8.77. The largest absolute Gasteiger partial charge is 0.493 e. The molecule has 0 spiro atoms. The lowest BCUT2D eigenvalue weighted by Crippen LogP contribution is -2.12. The highest BCUT2D eigenvalue weighted by Gasteiger charge is 2.27. The summed E-state index contributed by atoms with van der Waals surface area (Å²) >= 11 is 1.49. The molecular weight excluding hydrogens is 310 g/mol. The lowest BCUT2D eigenvalue weighted by molar-refractivity contribution is -0.116. The van der Waals surface area contributed by atoms with Crippen molar-refractivity contribution in [3.8, 4) is 5.75 Å². The van der Waals surface area contributed by atoms with E-state index in [9.17, 15) is 4.79 Å². The van der Waals surface area contributed by atoms with Crippen LogP contribution in [0, 0.1) is 13.8 Å². The first-order valence-electron chi connectivity index (χ1n) is 7.95.